The first-order valence-corrected chi connectivity index (χ1v) is 9.52. The van der Waals surface area contributed by atoms with Crippen LogP contribution >= 0.6 is 11.3 Å². The first kappa shape index (κ1) is 20.2. The van der Waals surface area contributed by atoms with Gasteiger partial charge in [0.25, 0.3) is 5.78 Å². The number of alkyl halides is 3. The van der Waals surface area contributed by atoms with Crippen molar-refractivity contribution in [1.29, 1.82) is 0 Å². The third kappa shape index (κ3) is 8.00. The summed E-state index contributed by atoms with van der Waals surface area (Å²) in [7, 11) is 0. The predicted octanol–water partition coefficient (Wildman–Crippen LogP) is 6.96. The molecule has 0 aliphatic rings. The van der Waals surface area contributed by atoms with Crippen molar-refractivity contribution in [2.45, 2.75) is 83.7 Å². The van der Waals surface area contributed by atoms with Gasteiger partial charge in [-0.3, -0.25) is 4.79 Å². The van der Waals surface area contributed by atoms with Gasteiger partial charge in [0, 0.05) is 0 Å². The topological polar surface area (TPSA) is 17.1 Å². The number of unbranched alkanes of at least 4 members (excludes halogenated alkanes) is 9. The average molecular weight is 348 g/mol. The summed E-state index contributed by atoms with van der Waals surface area (Å²) in [5, 5.41) is 1.57. The van der Waals surface area contributed by atoms with Crippen molar-refractivity contribution in [2.75, 3.05) is 0 Å². The summed E-state index contributed by atoms with van der Waals surface area (Å²) < 4.78 is 37.5. The number of hydrogen-bond acceptors (Lipinski definition) is 2. The lowest BCUT2D eigenvalue weighted by atomic mass is 10.0. The molecule has 0 aliphatic carbocycles. The van der Waals surface area contributed by atoms with Crippen LogP contribution in [0.3, 0.4) is 0 Å². The maximum Gasteiger partial charge on any atom is 0.455 e. The van der Waals surface area contributed by atoms with E-state index in [1.165, 1.54) is 44.9 Å². The fourth-order valence-corrected chi connectivity index (χ4v) is 3.58. The molecule has 0 aliphatic heterocycles. The molecule has 0 spiro atoms. The summed E-state index contributed by atoms with van der Waals surface area (Å²) in [6, 6.07) is 1.65. The maximum atomic E-state index is 12.5. The normalized spacial score (nSPS) is 11.8. The summed E-state index contributed by atoms with van der Waals surface area (Å²) in [5.74, 6) is -1.70. The predicted molar refractivity (Wildman–Crippen MR) is 90.3 cm³/mol. The number of hydrogen-bond donors (Lipinski definition) is 0. The van der Waals surface area contributed by atoms with E-state index in [1.807, 2.05) is 0 Å². The van der Waals surface area contributed by atoms with Gasteiger partial charge >= 0.3 is 6.18 Å². The Kier molecular flexibility index (Phi) is 9.53. The number of aryl methyl sites for hydroxylation is 1. The largest absolute Gasteiger partial charge is 0.455 e. The Hall–Kier alpha value is -0.840. The Balaban J connectivity index is 2.15. The van der Waals surface area contributed by atoms with Gasteiger partial charge in [-0.05, 0) is 29.9 Å². The van der Waals surface area contributed by atoms with E-state index in [0.717, 1.165) is 30.6 Å². The minimum absolute atomic E-state index is 0.131. The molecule has 0 bridgehead atoms. The summed E-state index contributed by atoms with van der Waals surface area (Å²) >= 11 is 0.896. The highest BCUT2D eigenvalue weighted by Crippen LogP contribution is 2.28. The Bertz CT molecular complexity index is 451. The van der Waals surface area contributed by atoms with Crippen molar-refractivity contribution >= 4 is 17.1 Å². The quantitative estimate of drug-likeness (QED) is 0.295. The van der Waals surface area contributed by atoms with Gasteiger partial charge in [0.15, 0.2) is 0 Å². The van der Waals surface area contributed by atoms with Crippen LogP contribution in [0.5, 0.6) is 0 Å². The van der Waals surface area contributed by atoms with E-state index < -0.39 is 12.0 Å². The van der Waals surface area contributed by atoms with E-state index in [2.05, 4.69) is 6.92 Å². The molecule has 23 heavy (non-hydrogen) atoms. The molecule has 1 heterocycles. The molecule has 0 atom stereocenters. The van der Waals surface area contributed by atoms with Gasteiger partial charge in [-0.25, -0.2) is 0 Å². The van der Waals surface area contributed by atoms with Gasteiger partial charge in [0.05, 0.1) is 4.88 Å². The van der Waals surface area contributed by atoms with Crippen LogP contribution in [0, 0.1) is 0 Å². The average Bonchev–Trinajstić information content (AvgIpc) is 2.95. The molecule has 0 N–H and O–H groups in total. The van der Waals surface area contributed by atoms with Gasteiger partial charge in [0.2, 0.25) is 0 Å². The van der Waals surface area contributed by atoms with Crippen LogP contribution in [0.1, 0.15) is 86.4 Å². The fourth-order valence-electron chi connectivity index (χ4n) is 2.66. The molecule has 1 rings (SSSR count). The molecule has 1 aromatic heterocycles. The molecule has 0 unspecified atom stereocenters. The maximum absolute atomic E-state index is 12.5. The SMILES string of the molecule is CCCCCCCCCCCCc1ccsc1C(=O)C(F)(F)F. The smallest absolute Gasteiger partial charge is 0.283 e. The Morgan fingerprint density at radius 2 is 1.48 bits per heavy atom. The van der Waals surface area contributed by atoms with Gasteiger partial charge in [-0.1, -0.05) is 64.7 Å². The molecule has 0 saturated carbocycles. The lowest BCUT2D eigenvalue weighted by Crippen LogP contribution is -2.22. The number of ketones is 1. The van der Waals surface area contributed by atoms with Gasteiger partial charge < -0.3 is 0 Å². The van der Waals surface area contributed by atoms with Crippen LogP contribution in [-0.2, 0) is 6.42 Å². The van der Waals surface area contributed by atoms with Crippen LogP contribution in [0.4, 0.5) is 13.2 Å². The van der Waals surface area contributed by atoms with Gasteiger partial charge in [0.1, 0.15) is 0 Å². The van der Waals surface area contributed by atoms with Crippen LogP contribution in [0.2, 0.25) is 0 Å². The molecule has 0 amide bonds. The molecular weight excluding hydrogens is 321 g/mol. The number of carbonyl (C=O) groups excluding carboxylic acids is 1. The minimum Gasteiger partial charge on any atom is -0.283 e. The van der Waals surface area contributed by atoms with E-state index in [-0.39, 0.29) is 4.88 Å². The Morgan fingerprint density at radius 1 is 0.957 bits per heavy atom. The van der Waals surface area contributed by atoms with Crippen molar-refractivity contribution in [3.63, 3.8) is 0 Å². The minimum atomic E-state index is -4.77. The summed E-state index contributed by atoms with van der Waals surface area (Å²) in [6.07, 6.45) is 7.75. The fraction of sp³-hybridized carbons (Fsp3) is 0.722. The molecule has 1 aromatic rings. The molecule has 0 aromatic carbocycles. The third-order valence-electron chi connectivity index (χ3n) is 4.01. The van der Waals surface area contributed by atoms with Gasteiger partial charge in [-0.2, -0.15) is 13.2 Å². The summed E-state index contributed by atoms with van der Waals surface area (Å²) in [5.41, 5.74) is 0.553. The van der Waals surface area contributed by atoms with Crippen LogP contribution < -0.4 is 0 Å². The standard InChI is InChI=1S/C18H27F3OS/c1-2-3-4-5-6-7-8-9-10-11-12-15-13-14-23-16(15)17(22)18(19,20)21/h13-14H,2-12H2,1H3. The molecule has 5 heteroatoms. The number of rotatable bonds is 12. The molecule has 1 nitrogen and oxygen atoms in total. The molecule has 0 fully saturated rings. The highest BCUT2D eigenvalue weighted by atomic mass is 32.1. The van der Waals surface area contributed by atoms with Crippen LogP contribution in [0.15, 0.2) is 11.4 Å². The Morgan fingerprint density at radius 3 is 2.00 bits per heavy atom. The number of Topliss-reactive ketones (excluding diaryl/α,β-unsaturated/α-hetero) is 1. The molecule has 0 saturated heterocycles. The lowest BCUT2D eigenvalue weighted by Gasteiger charge is -2.06. The van der Waals surface area contributed by atoms with Crippen molar-refractivity contribution < 1.29 is 18.0 Å². The zero-order valence-corrected chi connectivity index (χ0v) is 14.7. The third-order valence-corrected chi connectivity index (χ3v) is 4.97. The van der Waals surface area contributed by atoms with E-state index in [0.29, 0.717) is 12.0 Å². The highest BCUT2D eigenvalue weighted by Gasteiger charge is 2.40. The zero-order chi connectivity index (χ0) is 17.1. The first-order valence-electron chi connectivity index (χ1n) is 8.64. The van der Waals surface area contributed by atoms with E-state index in [1.54, 1.807) is 11.4 Å². The summed E-state index contributed by atoms with van der Waals surface area (Å²) in [4.78, 5) is 11.2. The number of halogens is 3. The van der Waals surface area contributed by atoms with Crippen molar-refractivity contribution in [3.05, 3.63) is 21.9 Å². The molecule has 132 valence electrons. The second-order valence-electron chi connectivity index (χ2n) is 6.03. The second kappa shape index (κ2) is 10.8. The number of thiophene rings is 1. The van der Waals surface area contributed by atoms with E-state index >= 15 is 0 Å². The van der Waals surface area contributed by atoms with Crippen molar-refractivity contribution in [2.24, 2.45) is 0 Å². The Labute approximate surface area is 141 Å². The highest BCUT2D eigenvalue weighted by molar-refractivity contribution is 7.12. The summed E-state index contributed by atoms with van der Waals surface area (Å²) in [6.45, 7) is 2.21. The van der Waals surface area contributed by atoms with E-state index in [9.17, 15) is 18.0 Å². The van der Waals surface area contributed by atoms with Crippen LogP contribution in [-0.4, -0.2) is 12.0 Å². The molecular formula is C18H27F3OS. The first-order chi connectivity index (χ1) is 11.0. The van der Waals surface area contributed by atoms with E-state index in [4.69, 9.17) is 0 Å². The second-order valence-corrected chi connectivity index (χ2v) is 6.95. The van der Waals surface area contributed by atoms with Crippen molar-refractivity contribution in [3.8, 4) is 0 Å². The monoisotopic (exact) mass is 348 g/mol. The lowest BCUT2D eigenvalue weighted by molar-refractivity contribution is -0.0883. The number of carbonyl (C=O) groups is 1. The van der Waals surface area contributed by atoms with Crippen LogP contribution in [0.25, 0.3) is 0 Å². The van der Waals surface area contributed by atoms with Gasteiger partial charge in [-0.15, -0.1) is 11.3 Å². The van der Waals surface area contributed by atoms with Crippen molar-refractivity contribution in [1.82, 2.24) is 0 Å². The zero-order valence-electron chi connectivity index (χ0n) is 13.9. The molecule has 0 radical (unpaired) electrons.